The van der Waals surface area contributed by atoms with Gasteiger partial charge in [-0.25, -0.2) is 0 Å². The van der Waals surface area contributed by atoms with Crippen molar-refractivity contribution in [2.45, 2.75) is 38.6 Å². The zero-order valence-electron chi connectivity index (χ0n) is 12.9. The van der Waals surface area contributed by atoms with Crippen LogP contribution < -0.4 is 15.5 Å². The molecule has 1 aromatic rings. The molecule has 2 amide bonds. The molecule has 114 valence electrons. The number of nitrogens with one attached hydrogen (secondary N) is 2. The first-order chi connectivity index (χ1) is 10.0. The maximum Gasteiger partial charge on any atom is 0.253 e. The second-order valence-electron chi connectivity index (χ2n) is 5.67. The van der Waals surface area contributed by atoms with Crippen molar-refractivity contribution < 1.29 is 9.59 Å². The molecule has 2 N–H and O–H groups in total. The van der Waals surface area contributed by atoms with Gasteiger partial charge in [0.2, 0.25) is 5.91 Å². The SMILES string of the molecule is CCCC(=O)Nc1ccc(N(C)C)c(C(=O)NC2CC2)c1. The van der Waals surface area contributed by atoms with Gasteiger partial charge in [-0.05, 0) is 37.5 Å². The number of hydrogen-bond donors (Lipinski definition) is 2. The van der Waals surface area contributed by atoms with Gasteiger partial charge in [-0.3, -0.25) is 9.59 Å². The highest BCUT2D eigenvalue weighted by Crippen LogP contribution is 2.25. The van der Waals surface area contributed by atoms with E-state index in [0.717, 1.165) is 24.9 Å². The Morgan fingerprint density at radius 3 is 2.57 bits per heavy atom. The fraction of sp³-hybridized carbons (Fsp3) is 0.500. The van der Waals surface area contributed by atoms with Gasteiger partial charge in [-0.2, -0.15) is 0 Å². The van der Waals surface area contributed by atoms with E-state index in [2.05, 4.69) is 10.6 Å². The van der Waals surface area contributed by atoms with E-state index in [0.29, 0.717) is 23.7 Å². The molecule has 0 heterocycles. The number of hydrogen-bond acceptors (Lipinski definition) is 3. The molecule has 0 saturated heterocycles. The Balaban J connectivity index is 2.20. The predicted molar refractivity (Wildman–Crippen MR) is 84.8 cm³/mol. The molecule has 0 bridgehead atoms. The minimum atomic E-state index is -0.0761. The van der Waals surface area contributed by atoms with Crippen LogP contribution >= 0.6 is 0 Å². The van der Waals surface area contributed by atoms with E-state index < -0.39 is 0 Å². The van der Waals surface area contributed by atoms with Gasteiger partial charge in [0.15, 0.2) is 0 Å². The van der Waals surface area contributed by atoms with E-state index in [4.69, 9.17) is 0 Å². The van der Waals surface area contributed by atoms with Crippen LogP contribution in [-0.4, -0.2) is 32.0 Å². The van der Waals surface area contributed by atoms with Gasteiger partial charge in [0.05, 0.1) is 5.56 Å². The van der Waals surface area contributed by atoms with Gasteiger partial charge in [-0.15, -0.1) is 0 Å². The topological polar surface area (TPSA) is 61.4 Å². The Labute approximate surface area is 125 Å². The van der Waals surface area contributed by atoms with Crippen molar-refractivity contribution >= 4 is 23.2 Å². The molecule has 1 aliphatic rings. The Bertz CT molecular complexity index is 536. The van der Waals surface area contributed by atoms with E-state index in [9.17, 15) is 9.59 Å². The summed E-state index contributed by atoms with van der Waals surface area (Å²) >= 11 is 0. The molecule has 5 heteroatoms. The van der Waals surface area contributed by atoms with Crippen molar-refractivity contribution in [3.05, 3.63) is 23.8 Å². The van der Waals surface area contributed by atoms with E-state index in [1.54, 1.807) is 6.07 Å². The highest BCUT2D eigenvalue weighted by atomic mass is 16.2. The fourth-order valence-corrected chi connectivity index (χ4v) is 2.13. The molecule has 0 atom stereocenters. The summed E-state index contributed by atoms with van der Waals surface area (Å²) in [7, 11) is 3.80. The zero-order valence-corrected chi connectivity index (χ0v) is 12.9. The molecular weight excluding hydrogens is 266 g/mol. The van der Waals surface area contributed by atoms with Gasteiger partial charge in [-0.1, -0.05) is 6.92 Å². The smallest absolute Gasteiger partial charge is 0.253 e. The van der Waals surface area contributed by atoms with Crippen LogP contribution in [0.15, 0.2) is 18.2 Å². The molecule has 0 spiro atoms. The average Bonchev–Trinajstić information content (AvgIpc) is 3.22. The third kappa shape index (κ3) is 4.21. The van der Waals surface area contributed by atoms with Crippen LogP contribution in [0.4, 0.5) is 11.4 Å². The quantitative estimate of drug-likeness (QED) is 0.845. The summed E-state index contributed by atoms with van der Waals surface area (Å²) in [6, 6.07) is 5.76. The maximum absolute atomic E-state index is 12.3. The molecule has 21 heavy (non-hydrogen) atoms. The van der Waals surface area contributed by atoms with Crippen LogP contribution in [0.1, 0.15) is 43.0 Å². The number of anilines is 2. The highest BCUT2D eigenvalue weighted by molar-refractivity contribution is 6.02. The summed E-state index contributed by atoms with van der Waals surface area (Å²) in [4.78, 5) is 25.9. The van der Waals surface area contributed by atoms with Crippen molar-refractivity contribution in [3.63, 3.8) is 0 Å². The van der Waals surface area contributed by atoms with Crippen LogP contribution in [0.2, 0.25) is 0 Å². The van der Waals surface area contributed by atoms with Gasteiger partial charge >= 0.3 is 0 Å². The monoisotopic (exact) mass is 289 g/mol. The molecule has 0 unspecified atom stereocenters. The second-order valence-corrected chi connectivity index (χ2v) is 5.67. The minimum absolute atomic E-state index is 0.0244. The van der Waals surface area contributed by atoms with Crippen molar-refractivity contribution in [1.29, 1.82) is 0 Å². The summed E-state index contributed by atoms with van der Waals surface area (Å²) in [5.74, 6) is -0.101. The summed E-state index contributed by atoms with van der Waals surface area (Å²) in [5, 5.41) is 5.83. The fourth-order valence-electron chi connectivity index (χ4n) is 2.13. The van der Waals surface area contributed by atoms with Crippen LogP contribution in [0.25, 0.3) is 0 Å². The number of carbonyl (C=O) groups excluding carboxylic acids is 2. The molecule has 0 aromatic heterocycles. The van der Waals surface area contributed by atoms with Gasteiger partial charge in [0, 0.05) is 37.9 Å². The number of rotatable bonds is 6. The molecular formula is C16H23N3O2. The second kappa shape index (κ2) is 6.61. The first-order valence-corrected chi connectivity index (χ1v) is 7.43. The zero-order chi connectivity index (χ0) is 15.4. The maximum atomic E-state index is 12.3. The normalized spacial score (nSPS) is 13.7. The molecule has 0 aliphatic heterocycles. The minimum Gasteiger partial charge on any atom is -0.377 e. The Morgan fingerprint density at radius 2 is 2.00 bits per heavy atom. The lowest BCUT2D eigenvalue weighted by Crippen LogP contribution is -2.27. The summed E-state index contributed by atoms with van der Waals surface area (Å²) in [5.41, 5.74) is 2.11. The van der Waals surface area contributed by atoms with Crippen LogP contribution in [-0.2, 0) is 4.79 Å². The van der Waals surface area contributed by atoms with E-state index in [1.165, 1.54) is 0 Å². The number of benzene rings is 1. The van der Waals surface area contributed by atoms with Crippen molar-refractivity contribution in [2.24, 2.45) is 0 Å². The Kier molecular flexibility index (Phi) is 4.83. The van der Waals surface area contributed by atoms with Gasteiger partial charge in [0.25, 0.3) is 5.91 Å². The molecule has 0 radical (unpaired) electrons. The summed E-state index contributed by atoms with van der Waals surface area (Å²) < 4.78 is 0. The number of nitrogens with zero attached hydrogens (tertiary/aromatic N) is 1. The highest BCUT2D eigenvalue weighted by Gasteiger charge is 2.25. The lowest BCUT2D eigenvalue weighted by Gasteiger charge is -2.18. The summed E-state index contributed by atoms with van der Waals surface area (Å²) in [6.07, 6.45) is 3.39. The standard InChI is InChI=1S/C16H23N3O2/c1-4-5-15(20)17-12-8-9-14(19(2)3)13(10-12)16(21)18-11-6-7-11/h8-11H,4-7H2,1-3H3,(H,17,20)(H,18,21). The Hall–Kier alpha value is -2.04. The first-order valence-electron chi connectivity index (χ1n) is 7.43. The number of carbonyl (C=O) groups is 2. The molecule has 2 rings (SSSR count). The Morgan fingerprint density at radius 1 is 1.29 bits per heavy atom. The first kappa shape index (κ1) is 15.4. The van der Waals surface area contributed by atoms with E-state index in [1.807, 2.05) is 38.1 Å². The largest absolute Gasteiger partial charge is 0.377 e. The lowest BCUT2D eigenvalue weighted by atomic mass is 10.1. The van der Waals surface area contributed by atoms with Crippen molar-refractivity contribution in [1.82, 2.24) is 5.32 Å². The summed E-state index contributed by atoms with van der Waals surface area (Å²) in [6.45, 7) is 1.96. The van der Waals surface area contributed by atoms with Crippen LogP contribution in [0, 0.1) is 0 Å². The van der Waals surface area contributed by atoms with Gasteiger partial charge in [0.1, 0.15) is 0 Å². The van der Waals surface area contributed by atoms with Crippen LogP contribution in [0.3, 0.4) is 0 Å². The van der Waals surface area contributed by atoms with E-state index in [-0.39, 0.29) is 11.8 Å². The predicted octanol–water partition coefficient (Wildman–Crippen LogP) is 2.38. The molecule has 1 saturated carbocycles. The molecule has 1 aliphatic carbocycles. The average molecular weight is 289 g/mol. The molecule has 1 fully saturated rings. The van der Waals surface area contributed by atoms with Crippen molar-refractivity contribution in [2.75, 3.05) is 24.3 Å². The third-order valence-electron chi connectivity index (χ3n) is 3.40. The number of amides is 2. The van der Waals surface area contributed by atoms with Gasteiger partial charge < -0.3 is 15.5 Å². The lowest BCUT2D eigenvalue weighted by molar-refractivity contribution is -0.116. The van der Waals surface area contributed by atoms with E-state index >= 15 is 0 Å². The molecule has 1 aromatic carbocycles. The van der Waals surface area contributed by atoms with Crippen molar-refractivity contribution in [3.8, 4) is 0 Å². The van der Waals surface area contributed by atoms with Crippen LogP contribution in [0.5, 0.6) is 0 Å². The molecule has 5 nitrogen and oxygen atoms in total. The third-order valence-corrected chi connectivity index (χ3v) is 3.40.